The molecule has 8 heteroatoms. The minimum absolute atomic E-state index is 0.157. The lowest BCUT2D eigenvalue weighted by molar-refractivity contribution is -0.116. The van der Waals surface area contributed by atoms with Gasteiger partial charge >= 0.3 is 0 Å². The fraction of sp³-hybridized carbons (Fsp3) is 0.263. The van der Waals surface area contributed by atoms with E-state index in [1.54, 1.807) is 12.1 Å². The molecule has 1 aromatic heterocycles. The molecule has 142 valence electrons. The van der Waals surface area contributed by atoms with Crippen LogP contribution in [-0.4, -0.2) is 41.8 Å². The number of imidazole rings is 1. The van der Waals surface area contributed by atoms with Crippen LogP contribution in [0.25, 0.3) is 11.0 Å². The minimum atomic E-state index is -3.74. The average Bonchev–Trinajstić information content (AvgIpc) is 2.98. The van der Waals surface area contributed by atoms with Crippen LogP contribution in [-0.2, 0) is 21.4 Å². The Labute approximate surface area is 158 Å². The van der Waals surface area contributed by atoms with Gasteiger partial charge in [0.15, 0.2) is 0 Å². The van der Waals surface area contributed by atoms with Gasteiger partial charge in [0.25, 0.3) is 0 Å². The lowest BCUT2D eigenvalue weighted by Gasteiger charge is -2.17. The molecule has 3 aromatic rings. The number of sulfonamides is 1. The average molecular weight is 386 g/mol. The molecule has 2 aromatic carbocycles. The van der Waals surface area contributed by atoms with Crippen molar-refractivity contribution in [3.8, 4) is 0 Å². The fourth-order valence-electron chi connectivity index (χ4n) is 2.83. The number of anilines is 1. The van der Waals surface area contributed by atoms with Gasteiger partial charge in [-0.15, -0.1) is 0 Å². The molecule has 3 rings (SSSR count). The summed E-state index contributed by atoms with van der Waals surface area (Å²) in [6.45, 7) is 4.17. The first-order valence-electron chi connectivity index (χ1n) is 8.61. The molecule has 1 N–H and O–H groups in total. The summed E-state index contributed by atoms with van der Waals surface area (Å²) in [5.74, 6) is -0.0389. The topological polar surface area (TPSA) is 84.3 Å². The Kier molecular flexibility index (Phi) is 5.29. The van der Waals surface area contributed by atoms with Gasteiger partial charge in [-0.25, -0.2) is 13.4 Å². The highest BCUT2D eigenvalue weighted by atomic mass is 32.2. The smallest absolute Gasteiger partial charge is 0.243 e. The summed E-state index contributed by atoms with van der Waals surface area (Å²) >= 11 is 0. The number of fused-ring (bicyclic) bond motifs is 1. The van der Waals surface area contributed by atoms with Crippen LogP contribution >= 0.6 is 0 Å². The van der Waals surface area contributed by atoms with Gasteiger partial charge in [-0.05, 0) is 38.1 Å². The molecule has 0 fully saturated rings. The zero-order valence-corrected chi connectivity index (χ0v) is 16.3. The van der Waals surface area contributed by atoms with Crippen molar-refractivity contribution < 1.29 is 13.2 Å². The highest BCUT2D eigenvalue weighted by Gasteiger charge is 2.23. The standard InChI is InChI=1S/C19H22N4O3S/c1-4-23-17-8-6-5-7-16(17)20-19(23)21-18(24)13-22(3)27(25,26)15-11-9-14(2)10-12-15/h5-12H,4,13H2,1-3H3,(H,20,21,24). The summed E-state index contributed by atoms with van der Waals surface area (Å²) in [6.07, 6.45) is 0. The van der Waals surface area contributed by atoms with Crippen LogP contribution in [0.3, 0.4) is 0 Å². The third-order valence-electron chi connectivity index (χ3n) is 4.32. The van der Waals surface area contributed by atoms with Crippen molar-refractivity contribution in [1.29, 1.82) is 0 Å². The van der Waals surface area contributed by atoms with Crippen LogP contribution in [0.15, 0.2) is 53.4 Å². The van der Waals surface area contributed by atoms with E-state index in [4.69, 9.17) is 0 Å². The van der Waals surface area contributed by atoms with Crippen LogP contribution in [0.1, 0.15) is 12.5 Å². The quantitative estimate of drug-likeness (QED) is 0.706. The third-order valence-corrected chi connectivity index (χ3v) is 6.14. The van der Waals surface area contributed by atoms with Gasteiger partial charge in [0.1, 0.15) is 0 Å². The van der Waals surface area contributed by atoms with E-state index in [0.717, 1.165) is 20.9 Å². The molecular weight excluding hydrogens is 364 g/mol. The van der Waals surface area contributed by atoms with Gasteiger partial charge in [0, 0.05) is 13.6 Å². The highest BCUT2D eigenvalue weighted by Crippen LogP contribution is 2.20. The van der Waals surface area contributed by atoms with Crippen molar-refractivity contribution in [2.45, 2.75) is 25.3 Å². The second-order valence-electron chi connectivity index (χ2n) is 6.29. The van der Waals surface area contributed by atoms with E-state index in [2.05, 4.69) is 10.3 Å². The van der Waals surface area contributed by atoms with Crippen molar-refractivity contribution >= 4 is 32.9 Å². The minimum Gasteiger partial charge on any atom is -0.310 e. The molecular formula is C19H22N4O3S. The molecule has 0 bridgehead atoms. The third kappa shape index (κ3) is 3.86. The fourth-order valence-corrected chi connectivity index (χ4v) is 3.96. The number of benzene rings is 2. The van der Waals surface area contributed by atoms with Crippen LogP contribution in [0.5, 0.6) is 0 Å². The van der Waals surface area contributed by atoms with Crippen LogP contribution < -0.4 is 5.32 Å². The summed E-state index contributed by atoms with van der Waals surface area (Å²) < 4.78 is 28.2. The second kappa shape index (κ2) is 7.50. The van der Waals surface area contributed by atoms with Gasteiger partial charge in [0.05, 0.1) is 22.5 Å². The Morgan fingerprint density at radius 2 is 1.81 bits per heavy atom. The van der Waals surface area contributed by atoms with Crippen molar-refractivity contribution in [2.24, 2.45) is 0 Å². The second-order valence-corrected chi connectivity index (χ2v) is 8.34. The largest absolute Gasteiger partial charge is 0.310 e. The maximum Gasteiger partial charge on any atom is 0.243 e. The molecule has 0 saturated heterocycles. The highest BCUT2D eigenvalue weighted by molar-refractivity contribution is 7.89. The summed E-state index contributed by atoms with van der Waals surface area (Å²) in [5, 5.41) is 2.72. The van der Waals surface area contributed by atoms with E-state index in [9.17, 15) is 13.2 Å². The normalized spacial score (nSPS) is 11.9. The Balaban J connectivity index is 1.76. The van der Waals surface area contributed by atoms with Gasteiger partial charge in [0.2, 0.25) is 21.9 Å². The van der Waals surface area contributed by atoms with Crippen molar-refractivity contribution in [3.63, 3.8) is 0 Å². The number of hydrogen-bond acceptors (Lipinski definition) is 4. The predicted octanol–water partition coefficient (Wildman–Crippen LogP) is 2.62. The van der Waals surface area contributed by atoms with Gasteiger partial charge in [-0.2, -0.15) is 4.31 Å². The number of amides is 1. The molecule has 0 radical (unpaired) electrons. The van der Waals surface area contributed by atoms with E-state index < -0.39 is 15.9 Å². The molecule has 0 saturated carbocycles. The van der Waals surface area contributed by atoms with Gasteiger partial charge < -0.3 is 4.57 Å². The van der Waals surface area contributed by atoms with Gasteiger partial charge in [-0.3, -0.25) is 10.1 Å². The van der Waals surface area contributed by atoms with Crippen molar-refractivity contribution in [2.75, 3.05) is 18.9 Å². The maximum atomic E-state index is 12.6. The zero-order chi connectivity index (χ0) is 19.6. The first-order chi connectivity index (χ1) is 12.8. The number of aromatic nitrogens is 2. The molecule has 7 nitrogen and oxygen atoms in total. The lowest BCUT2D eigenvalue weighted by Crippen LogP contribution is -2.35. The van der Waals surface area contributed by atoms with E-state index >= 15 is 0 Å². The number of para-hydroxylation sites is 2. The molecule has 0 aliphatic carbocycles. The number of nitrogens with one attached hydrogen (secondary N) is 1. The maximum absolute atomic E-state index is 12.6. The van der Waals surface area contributed by atoms with Crippen molar-refractivity contribution in [1.82, 2.24) is 13.9 Å². The zero-order valence-electron chi connectivity index (χ0n) is 15.5. The Morgan fingerprint density at radius 3 is 2.48 bits per heavy atom. The van der Waals surface area contributed by atoms with Crippen LogP contribution in [0.2, 0.25) is 0 Å². The Hall–Kier alpha value is -2.71. The molecule has 0 unspecified atom stereocenters. The number of carbonyl (C=O) groups is 1. The predicted molar refractivity (Wildman–Crippen MR) is 105 cm³/mol. The number of nitrogens with zero attached hydrogens (tertiary/aromatic N) is 3. The Morgan fingerprint density at radius 1 is 1.15 bits per heavy atom. The van der Waals surface area contributed by atoms with E-state index in [-0.39, 0.29) is 11.4 Å². The summed E-state index contributed by atoms with van der Waals surface area (Å²) in [7, 11) is -2.35. The molecule has 0 spiro atoms. The molecule has 1 amide bonds. The number of likely N-dealkylation sites (N-methyl/N-ethyl adjacent to an activating group) is 1. The molecule has 1 heterocycles. The summed E-state index contributed by atoms with van der Waals surface area (Å²) in [4.78, 5) is 17.0. The van der Waals surface area contributed by atoms with Crippen LogP contribution in [0.4, 0.5) is 5.95 Å². The number of aryl methyl sites for hydroxylation is 2. The number of hydrogen-bond donors (Lipinski definition) is 1. The number of rotatable bonds is 6. The molecule has 27 heavy (non-hydrogen) atoms. The first kappa shape index (κ1) is 19.1. The SMILES string of the molecule is CCn1c(NC(=O)CN(C)S(=O)(=O)c2ccc(C)cc2)nc2ccccc21. The van der Waals surface area contributed by atoms with Crippen LogP contribution in [0, 0.1) is 6.92 Å². The first-order valence-corrected chi connectivity index (χ1v) is 10.0. The van der Waals surface area contributed by atoms with E-state index in [1.165, 1.54) is 19.2 Å². The monoisotopic (exact) mass is 386 g/mol. The van der Waals surface area contributed by atoms with E-state index in [0.29, 0.717) is 12.5 Å². The lowest BCUT2D eigenvalue weighted by atomic mass is 10.2. The molecule has 0 aliphatic rings. The summed E-state index contributed by atoms with van der Waals surface area (Å²) in [6, 6.07) is 14.1. The summed E-state index contributed by atoms with van der Waals surface area (Å²) in [5.41, 5.74) is 2.65. The number of carbonyl (C=O) groups excluding carboxylic acids is 1. The van der Waals surface area contributed by atoms with Gasteiger partial charge in [-0.1, -0.05) is 29.8 Å². The Bertz CT molecular complexity index is 1070. The molecule has 0 atom stereocenters. The molecule has 0 aliphatic heterocycles. The van der Waals surface area contributed by atoms with Crippen molar-refractivity contribution in [3.05, 3.63) is 54.1 Å². The van der Waals surface area contributed by atoms with E-state index in [1.807, 2.05) is 42.7 Å².